The highest BCUT2D eigenvalue weighted by molar-refractivity contribution is 7.09. The molecule has 0 atom stereocenters. The van der Waals surface area contributed by atoms with Crippen molar-refractivity contribution in [3.05, 3.63) is 44.3 Å². The topological polar surface area (TPSA) is 77.6 Å². The summed E-state index contributed by atoms with van der Waals surface area (Å²) in [6, 6.07) is 4.55. The lowest BCUT2D eigenvalue weighted by atomic mass is 10.3. The molecule has 1 aromatic carbocycles. The second kappa shape index (κ2) is 10.8. The highest BCUT2D eigenvalue weighted by atomic mass is 35.5. The highest BCUT2D eigenvalue weighted by Gasteiger charge is 2.20. The van der Waals surface area contributed by atoms with Crippen molar-refractivity contribution in [2.75, 3.05) is 32.5 Å². The van der Waals surface area contributed by atoms with Crippen molar-refractivity contribution in [2.24, 2.45) is 0 Å². The minimum absolute atomic E-state index is 0.0703. The molecule has 0 fully saturated rings. The average molecular weight is 458 g/mol. The molecule has 1 aromatic heterocycles. The number of benzene rings is 1. The summed E-state index contributed by atoms with van der Waals surface area (Å²) in [6.07, 6.45) is 0. The maximum absolute atomic E-state index is 12.7. The van der Waals surface area contributed by atoms with Crippen LogP contribution in [0.1, 0.15) is 29.3 Å². The average Bonchev–Trinajstić information content (AvgIpc) is 3.11. The van der Waals surface area contributed by atoms with Crippen LogP contribution in [0.5, 0.6) is 0 Å². The quantitative estimate of drug-likeness (QED) is 0.622. The van der Waals surface area contributed by atoms with Crippen molar-refractivity contribution >= 4 is 52.2 Å². The Morgan fingerprint density at radius 1 is 1.21 bits per heavy atom. The van der Waals surface area contributed by atoms with Gasteiger partial charge in [-0.3, -0.25) is 4.79 Å². The lowest BCUT2D eigenvalue weighted by molar-refractivity contribution is 0.0946. The van der Waals surface area contributed by atoms with Crippen LogP contribution in [0.4, 0.5) is 10.5 Å². The number of urea groups is 1. The minimum atomic E-state index is -0.287. The van der Waals surface area contributed by atoms with Gasteiger partial charge in [-0.05, 0) is 46.1 Å². The van der Waals surface area contributed by atoms with Crippen LogP contribution in [0.2, 0.25) is 10.0 Å². The second-order valence-electron chi connectivity index (χ2n) is 6.97. The Morgan fingerprint density at radius 2 is 1.93 bits per heavy atom. The van der Waals surface area contributed by atoms with Crippen LogP contribution < -0.4 is 10.6 Å². The number of hydrogen-bond acceptors (Lipinski definition) is 5. The number of carbonyl (C=O) groups excluding carboxylic acids is 2. The Hall–Kier alpha value is -1.87. The number of rotatable bonds is 8. The monoisotopic (exact) mass is 457 g/mol. The molecule has 3 amide bonds. The van der Waals surface area contributed by atoms with Gasteiger partial charge in [-0.25, -0.2) is 9.78 Å². The zero-order valence-corrected chi connectivity index (χ0v) is 19.2. The number of anilines is 1. The first-order valence-electron chi connectivity index (χ1n) is 9.07. The summed E-state index contributed by atoms with van der Waals surface area (Å²) < 4.78 is 0. The molecule has 1 heterocycles. The van der Waals surface area contributed by atoms with E-state index in [2.05, 4.69) is 15.6 Å². The fourth-order valence-corrected chi connectivity index (χ4v) is 3.45. The van der Waals surface area contributed by atoms with Crippen molar-refractivity contribution in [1.29, 1.82) is 0 Å². The van der Waals surface area contributed by atoms with Gasteiger partial charge in [0.15, 0.2) is 0 Å². The van der Waals surface area contributed by atoms with E-state index in [4.69, 9.17) is 23.2 Å². The molecule has 0 radical (unpaired) electrons. The number of carbonyl (C=O) groups is 2. The van der Waals surface area contributed by atoms with E-state index < -0.39 is 0 Å². The van der Waals surface area contributed by atoms with Crippen LogP contribution in [-0.4, -0.2) is 59.9 Å². The van der Waals surface area contributed by atoms with Crippen LogP contribution in [0.15, 0.2) is 23.6 Å². The molecule has 0 spiro atoms. The molecule has 7 nitrogen and oxygen atoms in total. The first-order valence-corrected chi connectivity index (χ1v) is 10.7. The van der Waals surface area contributed by atoms with E-state index in [1.807, 2.05) is 32.8 Å². The van der Waals surface area contributed by atoms with Gasteiger partial charge in [0.1, 0.15) is 10.7 Å². The molecular formula is C19H25Cl2N5O2S. The number of nitrogens with one attached hydrogen (secondary N) is 2. The van der Waals surface area contributed by atoms with E-state index in [1.54, 1.807) is 28.5 Å². The molecule has 0 aliphatic heterocycles. The molecular weight excluding hydrogens is 433 g/mol. The van der Waals surface area contributed by atoms with Crippen LogP contribution in [0, 0.1) is 0 Å². The molecule has 2 N–H and O–H groups in total. The molecule has 0 saturated carbocycles. The van der Waals surface area contributed by atoms with Crippen molar-refractivity contribution in [3.8, 4) is 0 Å². The predicted octanol–water partition coefficient (Wildman–Crippen LogP) is 4.18. The number of halogens is 2. The minimum Gasteiger partial charge on any atom is -0.349 e. The lowest BCUT2D eigenvalue weighted by Gasteiger charge is -2.26. The summed E-state index contributed by atoms with van der Waals surface area (Å²) in [5, 5.41) is 8.82. The Morgan fingerprint density at radius 3 is 2.55 bits per heavy atom. The lowest BCUT2D eigenvalue weighted by Crippen LogP contribution is -2.39. The van der Waals surface area contributed by atoms with Crippen molar-refractivity contribution in [1.82, 2.24) is 20.1 Å². The standard InChI is InChI=1S/C19H25Cl2N5O2S/c1-12(2)26(19(28)23-13-5-6-14(20)15(21)9-13)10-17-24-16(11-29-17)18(27)22-7-8-25(3)4/h5-6,9,11-12H,7-8,10H2,1-4H3,(H,22,27)(H,23,28). The Balaban J connectivity index is 2.01. The highest BCUT2D eigenvalue weighted by Crippen LogP contribution is 2.25. The van der Waals surface area contributed by atoms with Crippen molar-refractivity contribution in [2.45, 2.75) is 26.4 Å². The van der Waals surface area contributed by atoms with E-state index in [1.165, 1.54) is 11.3 Å². The van der Waals surface area contributed by atoms with Crippen LogP contribution in [-0.2, 0) is 6.54 Å². The maximum Gasteiger partial charge on any atom is 0.322 e. The summed E-state index contributed by atoms with van der Waals surface area (Å²) in [4.78, 5) is 32.9. The number of hydrogen-bond donors (Lipinski definition) is 2. The molecule has 0 saturated heterocycles. The summed E-state index contributed by atoms with van der Waals surface area (Å²) >= 11 is 13.3. The first-order chi connectivity index (χ1) is 13.7. The Bertz CT molecular complexity index is 857. The molecule has 0 aliphatic rings. The van der Waals surface area contributed by atoms with E-state index in [9.17, 15) is 9.59 Å². The number of likely N-dealkylation sites (N-methyl/N-ethyl adjacent to an activating group) is 1. The smallest absolute Gasteiger partial charge is 0.322 e. The van der Waals surface area contributed by atoms with Crippen LogP contribution in [0.3, 0.4) is 0 Å². The van der Waals surface area contributed by atoms with Crippen molar-refractivity contribution in [3.63, 3.8) is 0 Å². The number of amides is 3. The van der Waals surface area contributed by atoms with Gasteiger partial charge in [0.05, 0.1) is 16.6 Å². The third-order valence-corrected chi connectivity index (χ3v) is 5.56. The Kier molecular flexibility index (Phi) is 8.70. The maximum atomic E-state index is 12.7. The SMILES string of the molecule is CC(C)N(Cc1nc(C(=O)NCCN(C)C)cs1)C(=O)Nc1ccc(Cl)c(Cl)c1. The molecule has 0 aliphatic carbocycles. The van der Waals surface area contributed by atoms with Gasteiger partial charge >= 0.3 is 6.03 Å². The number of aromatic nitrogens is 1. The molecule has 0 bridgehead atoms. The Labute approximate surface area is 185 Å². The molecule has 2 aromatic rings. The summed E-state index contributed by atoms with van der Waals surface area (Å²) in [5.74, 6) is -0.217. The van der Waals surface area contributed by atoms with Crippen LogP contribution in [0.25, 0.3) is 0 Å². The van der Waals surface area contributed by atoms with E-state index in [0.717, 1.165) is 6.54 Å². The fourth-order valence-electron chi connectivity index (χ4n) is 2.38. The van der Waals surface area contributed by atoms with Gasteiger partial charge in [0.2, 0.25) is 0 Å². The van der Waals surface area contributed by atoms with E-state index >= 15 is 0 Å². The van der Waals surface area contributed by atoms with Gasteiger partial charge in [-0.15, -0.1) is 11.3 Å². The molecule has 10 heteroatoms. The van der Waals surface area contributed by atoms with Crippen molar-refractivity contribution < 1.29 is 9.59 Å². The summed E-state index contributed by atoms with van der Waals surface area (Å²) in [6.45, 7) is 5.41. The van der Waals surface area contributed by atoms with E-state index in [0.29, 0.717) is 39.5 Å². The van der Waals surface area contributed by atoms with Crippen LogP contribution >= 0.6 is 34.5 Å². The largest absolute Gasteiger partial charge is 0.349 e. The number of nitrogens with zero attached hydrogens (tertiary/aromatic N) is 3. The molecule has 158 valence electrons. The van der Waals surface area contributed by atoms with Gasteiger partial charge in [-0.1, -0.05) is 23.2 Å². The first kappa shape index (κ1) is 23.4. The number of thiazole rings is 1. The molecule has 0 unspecified atom stereocenters. The fraction of sp³-hybridized carbons (Fsp3) is 0.421. The van der Waals surface area contributed by atoms with Gasteiger partial charge in [-0.2, -0.15) is 0 Å². The second-order valence-corrected chi connectivity index (χ2v) is 8.72. The van der Waals surface area contributed by atoms with Gasteiger partial charge in [0.25, 0.3) is 5.91 Å². The third-order valence-electron chi connectivity index (χ3n) is 3.99. The van der Waals surface area contributed by atoms with E-state index in [-0.39, 0.29) is 18.0 Å². The zero-order valence-electron chi connectivity index (χ0n) is 16.8. The zero-order chi connectivity index (χ0) is 21.6. The summed E-state index contributed by atoms with van der Waals surface area (Å²) in [7, 11) is 3.88. The predicted molar refractivity (Wildman–Crippen MR) is 119 cm³/mol. The molecule has 29 heavy (non-hydrogen) atoms. The third kappa shape index (κ3) is 7.15. The van der Waals surface area contributed by atoms with Gasteiger partial charge in [0, 0.05) is 30.2 Å². The summed E-state index contributed by atoms with van der Waals surface area (Å²) in [5.41, 5.74) is 0.910. The molecule has 2 rings (SSSR count). The van der Waals surface area contributed by atoms with Gasteiger partial charge < -0.3 is 20.4 Å². The normalized spacial score (nSPS) is 11.0.